The van der Waals surface area contributed by atoms with Crippen molar-refractivity contribution in [1.29, 1.82) is 0 Å². The van der Waals surface area contributed by atoms with Gasteiger partial charge in [0.1, 0.15) is 0 Å². The number of benzene rings is 1. The van der Waals surface area contributed by atoms with Crippen LogP contribution in [-0.2, 0) is 0 Å². The minimum absolute atomic E-state index is 0.624. The number of halogens is 2. The van der Waals surface area contributed by atoms with Crippen molar-refractivity contribution in [3.63, 3.8) is 0 Å². The SMILES string of the molecule is Clc1ccc(N2CCCNC(C3CC3)C2)c(Cl)c1. The number of nitrogens with one attached hydrogen (secondary N) is 1. The Bertz CT molecular complexity index is 432. The summed E-state index contributed by atoms with van der Waals surface area (Å²) in [5.74, 6) is 0.872. The summed E-state index contributed by atoms with van der Waals surface area (Å²) in [7, 11) is 0. The third-order valence-corrected chi connectivity index (χ3v) is 4.41. The number of nitrogens with zero attached hydrogens (tertiary/aromatic N) is 1. The second-order valence-corrected chi connectivity index (χ2v) is 6.14. The molecule has 0 spiro atoms. The van der Waals surface area contributed by atoms with Crippen molar-refractivity contribution in [2.24, 2.45) is 5.92 Å². The summed E-state index contributed by atoms with van der Waals surface area (Å²) in [5.41, 5.74) is 1.12. The topological polar surface area (TPSA) is 15.3 Å². The van der Waals surface area contributed by atoms with Crippen LogP contribution in [-0.4, -0.2) is 25.7 Å². The highest BCUT2D eigenvalue weighted by atomic mass is 35.5. The predicted molar refractivity (Wildman–Crippen MR) is 77.8 cm³/mol. The van der Waals surface area contributed by atoms with Gasteiger partial charge in [0.25, 0.3) is 0 Å². The van der Waals surface area contributed by atoms with E-state index in [-0.39, 0.29) is 0 Å². The molecule has 3 rings (SSSR count). The van der Waals surface area contributed by atoms with Crippen molar-refractivity contribution in [1.82, 2.24) is 5.32 Å². The van der Waals surface area contributed by atoms with Crippen LogP contribution in [0, 0.1) is 5.92 Å². The molecule has 1 atom stereocenters. The lowest BCUT2D eigenvalue weighted by Crippen LogP contribution is -2.39. The third-order valence-electron chi connectivity index (χ3n) is 3.87. The molecule has 2 nitrogen and oxygen atoms in total. The minimum Gasteiger partial charge on any atom is -0.369 e. The summed E-state index contributed by atoms with van der Waals surface area (Å²) in [4.78, 5) is 2.40. The van der Waals surface area contributed by atoms with Crippen LogP contribution in [0.25, 0.3) is 0 Å². The van der Waals surface area contributed by atoms with Crippen LogP contribution < -0.4 is 10.2 Å². The van der Waals surface area contributed by atoms with E-state index >= 15 is 0 Å². The Morgan fingerprint density at radius 2 is 2.06 bits per heavy atom. The lowest BCUT2D eigenvalue weighted by atomic mass is 10.1. The first-order chi connectivity index (χ1) is 8.74. The Morgan fingerprint density at radius 3 is 2.78 bits per heavy atom. The molecule has 1 unspecified atom stereocenters. The van der Waals surface area contributed by atoms with Crippen LogP contribution in [0.15, 0.2) is 18.2 Å². The first kappa shape index (κ1) is 12.6. The minimum atomic E-state index is 0.624. The van der Waals surface area contributed by atoms with Crippen molar-refractivity contribution in [3.8, 4) is 0 Å². The Morgan fingerprint density at radius 1 is 1.22 bits per heavy atom. The Kier molecular flexibility index (Phi) is 3.69. The molecule has 0 aromatic heterocycles. The van der Waals surface area contributed by atoms with Gasteiger partial charge >= 0.3 is 0 Å². The molecule has 1 aliphatic heterocycles. The lowest BCUT2D eigenvalue weighted by Gasteiger charge is -2.27. The summed E-state index contributed by atoms with van der Waals surface area (Å²) in [6, 6.07) is 6.43. The summed E-state index contributed by atoms with van der Waals surface area (Å²) in [5, 5.41) is 5.13. The molecule has 1 aliphatic carbocycles. The highest BCUT2D eigenvalue weighted by molar-refractivity contribution is 6.36. The molecule has 98 valence electrons. The molecule has 1 aromatic rings. The largest absolute Gasteiger partial charge is 0.369 e. The number of rotatable bonds is 2. The maximum atomic E-state index is 6.31. The molecular formula is C14H18Cl2N2. The van der Waals surface area contributed by atoms with E-state index in [2.05, 4.69) is 10.2 Å². The van der Waals surface area contributed by atoms with Gasteiger partial charge in [0.2, 0.25) is 0 Å². The second kappa shape index (κ2) is 5.28. The third kappa shape index (κ3) is 2.76. The van der Waals surface area contributed by atoms with Gasteiger partial charge in [-0.3, -0.25) is 0 Å². The smallest absolute Gasteiger partial charge is 0.0654 e. The molecule has 4 heteroatoms. The summed E-state index contributed by atoms with van der Waals surface area (Å²) in [6.45, 7) is 3.24. The van der Waals surface area contributed by atoms with Crippen LogP contribution in [0.3, 0.4) is 0 Å². The maximum Gasteiger partial charge on any atom is 0.0654 e. The van der Waals surface area contributed by atoms with E-state index in [1.165, 1.54) is 19.3 Å². The average Bonchev–Trinajstić information content (AvgIpc) is 3.15. The highest BCUT2D eigenvalue weighted by Crippen LogP contribution is 2.35. The van der Waals surface area contributed by atoms with Gasteiger partial charge in [-0.2, -0.15) is 0 Å². The zero-order valence-electron chi connectivity index (χ0n) is 10.3. The van der Waals surface area contributed by atoms with Gasteiger partial charge in [-0.25, -0.2) is 0 Å². The Labute approximate surface area is 118 Å². The predicted octanol–water partition coefficient (Wildman–Crippen LogP) is 3.57. The normalized spacial score (nSPS) is 25.0. The van der Waals surface area contributed by atoms with E-state index in [1.54, 1.807) is 0 Å². The van der Waals surface area contributed by atoms with E-state index < -0.39 is 0 Å². The lowest BCUT2D eigenvalue weighted by molar-refractivity contribution is 0.490. The summed E-state index contributed by atoms with van der Waals surface area (Å²) >= 11 is 12.3. The van der Waals surface area contributed by atoms with Crippen molar-refractivity contribution in [2.45, 2.75) is 25.3 Å². The van der Waals surface area contributed by atoms with Crippen LogP contribution in [0.4, 0.5) is 5.69 Å². The zero-order valence-corrected chi connectivity index (χ0v) is 11.8. The Balaban J connectivity index is 1.80. The number of anilines is 1. The van der Waals surface area contributed by atoms with Crippen molar-refractivity contribution >= 4 is 28.9 Å². The molecule has 2 aliphatic rings. The fraction of sp³-hybridized carbons (Fsp3) is 0.571. The average molecular weight is 285 g/mol. The molecule has 1 N–H and O–H groups in total. The fourth-order valence-electron chi connectivity index (χ4n) is 2.72. The van der Waals surface area contributed by atoms with Gasteiger partial charge in [0.15, 0.2) is 0 Å². The fourth-order valence-corrected chi connectivity index (χ4v) is 3.25. The van der Waals surface area contributed by atoms with Crippen molar-refractivity contribution in [3.05, 3.63) is 28.2 Å². The van der Waals surface area contributed by atoms with Crippen molar-refractivity contribution in [2.75, 3.05) is 24.5 Å². The molecule has 0 amide bonds. The van der Waals surface area contributed by atoms with E-state index in [4.69, 9.17) is 23.2 Å². The molecule has 1 heterocycles. The van der Waals surface area contributed by atoms with Crippen molar-refractivity contribution < 1.29 is 0 Å². The first-order valence-corrected chi connectivity index (χ1v) is 7.43. The molecule has 0 bridgehead atoms. The standard InChI is InChI=1S/C14H18Cl2N2/c15-11-4-5-14(12(16)8-11)18-7-1-6-17-13(9-18)10-2-3-10/h4-5,8,10,13,17H,1-3,6-7,9H2. The van der Waals surface area contributed by atoms with Crippen LogP contribution >= 0.6 is 23.2 Å². The van der Waals surface area contributed by atoms with E-state index in [0.29, 0.717) is 11.1 Å². The Hall–Kier alpha value is -0.440. The molecule has 1 aromatic carbocycles. The van der Waals surface area contributed by atoms with E-state index in [1.807, 2.05) is 18.2 Å². The maximum absolute atomic E-state index is 6.31. The monoisotopic (exact) mass is 284 g/mol. The quantitative estimate of drug-likeness (QED) is 0.893. The molecule has 2 fully saturated rings. The highest BCUT2D eigenvalue weighted by Gasteiger charge is 2.33. The zero-order chi connectivity index (χ0) is 12.5. The van der Waals surface area contributed by atoms with Gasteiger partial charge < -0.3 is 10.2 Å². The van der Waals surface area contributed by atoms with Crippen LogP contribution in [0.1, 0.15) is 19.3 Å². The van der Waals surface area contributed by atoms with E-state index in [0.717, 1.165) is 36.3 Å². The number of hydrogen-bond acceptors (Lipinski definition) is 2. The second-order valence-electron chi connectivity index (χ2n) is 5.29. The van der Waals surface area contributed by atoms with Gasteiger partial charge in [-0.05, 0) is 49.9 Å². The molecule has 1 saturated carbocycles. The summed E-state index contributed by atoms with van der Waals surface area (Å²) < 4.78 is 0. The first-order valence-electron chi connectivity index (χ1n) is 6.67. The van der Waals surface area contributed by atoms with Gasteiger partial charge in [0.05, 0.1) is 10.7 Å². The van der Waals surface area contributed by atoms with Gasteiger partial charge in [0, 0.05) is 24.2 Å². The van der Waals surface area contributed by atoms with Gasteiger partial charge in [-0.1, -0.05) is 23.2 Å². The molecule has 0 radical (unpaired) electrons. The van der Waals surface area contributed by atoms with Gasteiger partial charge in [-0.15, -0.1) is 0 Å². The number of hydrogen-bond donors (Lipinski definition) is 1. The summed E-state index contributed by atoms with van der Waals surface area (Å²) in [6.07, 6.45) is 3.92. The van der Waals surface area contributed by atoms with Crippen LogP contribution in [0.5, 0.6) is 0 Å². The molecular weight excluding hydrogens is 267 g/mol. The molecule has 1 saturated heterocycles. The molecule has 18 heavy (non-hydrogen) atoms. The van der Waals surface area contributed by atoms with Crippen LogP contribution in [0.2, 0.25) is 10.0 Å². The van der Waals surface area contributed by atoms with E-state index in [9.17, 15) is 0 Å².